The first-order valence-corrected chi connectivity index (χ1v) is 14.7. The predicted molar refractivity (Wildman–Crippen MR) is 156 cm³/mol. The number of halogens is 3. The van der Waals surface area contributed by atoms with Crippen LogP contribution in [0, 0.1) is 27.9 Å². The molecule has 1 unspecified atom stereocenters. The van der Waals surface area contributed by atoms with Gasteiger partial charge in [-0.3, -0.25) is 4.90 Å². The molecule has 0 aliphatic carbocycles. The van der Waals surface area contributed by atoms with Gasteiger partial charge in [-0.2, -0.15) is 11.8 Å². The average molecular weight is 583 g/mol. The summed E-state index contributed by atoms with van der Waals surface area (Å²) in [5, 5.41) is 7.86. The fourth-order valence-corrected chi connectivity index (χ4v) is 6.52. The molecule has 1 heterocycles. The number of hydrogen-bond acceptors (Lipinski definition) is 4. The van der Waals surface area contributed by atoms with Crippen molar-refractivity contribution in [2.24, 2.45) is 10.8 Å². The maximum atomic E-state index is 15.2. The van der Waals surface area contributed by atoms with E-state index in [0.29, 0.717) is 40.6 Å². The molecule has 0 fully saturated rings. The zero-order valence-electron chi connectivity index (χ0n) is 22.8. The summed E-state index contributed by atoms with van der Waals surface area (Å²) in [5.41, 5.74) is 9.37. The van der Waals surface area contributed by atoms with Gasteiger partial charge in [0.25, 0.3) is 0 Å². The second-order valence-corrected chi connectivity index (χ2v) is 13.2. The Morgan fingerprint density at radius 1 is 1.14 bits per heavy atom. The normalized spacial score (nSPS) is 16.2. The Bertz CT molecular complexity index is 1030. The average Bonchev–Trinajstić information content (AvgIpc) is 2.78. The Hall–Kier alpha value is -1.44. The van der Waals surface area contributed by atoms with Crippen LogP contribution in [0.2, 0.25) is 0 Å². The molecule has 1 atom stereocenters. The lowest BCUT2D eigenvalue weighted by Crippen LogP contribution is -2.43. The quantitative estimate of drug-likeness (QED) is 0.187. The Balaban J connectivity index is 0.00000222. The van der Waals surface area contributed by atoms with Gasteiger partial charge in [0.05, 0.1) is 6.04 Å². The number of fused-ring (bicyclic) bond motifs is 1. The lowest BCUT2D eigenvalue weighted by atomic mass is 9.82. The molecule has 200 valence electrons. The Morgan fingerprint density at radius 3 is 2.31 bits per heavy atom. The molecule has 2 aromatic carbocycles. The number of anilines is 1. The summed E-state index contributed by atoms with van der Waals surface area (Å²) < 4.78 is 30.9. The first kappa shape index (κ1) is 30.8. The van der Waals surface area contributed by atoms with Crippen LogP contribution < -0.4 is 5.73 Å². The predicted octanol–water partition coefficient (Wildman–Crippen LogP) is 8.48. The van der Waals surface area contributed by atoms with E-state index in [1.807, 2.05) is 31.7 Å². The standard InChI is InChI=1S/C27H36BrF2N3S.C2H6/c1-26(2,3)16-34-11-9-27(4,5)15-33-10-8-18-19(6-7-23(32)20(18)14-31)25(33)24-21(29)12-17(28)13-22(24)30;1-2/h6-7,12-14,25,31H,8-11,15-16,32H2,1-5H3;1-2H3. The molecule has 7 heteroatoms. The molecule has 1 aliphatic heterocycles. The van der Waals surface area contributed by atoms with Gasteiger partial charge in [0, 0.05) is 40.6 Å². The fraction of sp³-hybridized carbons (Fsp3) is 0.552. The van der Waals surface area contributed by atoms with Crippen molar-refractivity contribution >= 4 is 39.6 Å². The van der Waals surface area contributed by atoms with Crippen LogP contribution in [-0.4, -0.2) is 35.7 Å². The highest BCUT2D eigenvalue weighted by atomic mass is 79.9. The minimum atomic E-state index is -0.572. The van der Waals surface area contributed by atoms with Crippen LogP contribution in [0.25, 0.3) is 0 Å². The number of nitrogen functional groups attached to an aromatic ring is 1. The topological polar surface area (TPSA) is 53.1 Å². The molecule has 3 N–H and O–H groups in total. The van der Waals surface area contributed by atoms with E-state index < -0.39 is 17.7 Å². The highest BCUT2D eigenvalue weighted by Crippen LogP contribution is 2.42. The zero-order valence-corrected chi connectivity index (χ0v) is 25.2. The van der Waals surface area contributed by atoms with Crippen LogP contribution in [0.3, 0.4) is 0 Å². The van der Waals surface area contributed by atoms with E-state index >= 15 is 8.78 Å². The van der Waals surface area contributed by atoms with Gasteiger partial charge in [0.2, 0.25) is 0 Å². The van der Waals surface area contributed by atoms with E-state index in [1.54, 1.807) is 6.07 Å². The van der Waals surface area contributed by atoms with Crippen LogP contribution in [0.1, 0.15) is 83.2 Å². The lowest BCUT2D eigenvalue weighted by molar-refractivity contribution is 0.132. The minimum absolute atomic E-state index is 0.0266. The van der Waals surface area contributed by atoms with Crippen molar-refractivity contribution in [3.63, 3.8) is 0 Å². The maximum Gasteiger partial charge on any atom is 0.132 e. The number of hydrogen-bond donors (Lipinski definition) is 2. The van der Waals surface area contributed by atoms with Gasteiger partial charge in [-0.15, -0.1) is 0 Å². The fourth-order valence-electron chi connectivity index (χ4n) is 4.67. The molecule has 0 spiro atoms. The van der Waals surface area contributed by atoms with Crippen LogP contribution in [0.4, 0.5) is 14.5 Å². The summed E-state index contributed by atoms with van der Waals surface area (Å²) in [6.45, 7) is 16.6. The van der Waals surface area contributed by atoms with Crippen molar-refractivity contribution in [2.45, 2.75) is 67.3 Å². The first-order chi connectivity index (χ1) is 16.8. The zero-order chi connectivity index (χ0) is 27.3. The second-order valence-electron chi connectivity index (χ2n) is 11.2. The van der Waals surface area contributed by atoms with E-state index in [1.165, 1.54) is 18.3 Å². The molecule has 3 rings (SSSR count). The van der Waals surface area contributed by atoms with Crippen molar-refractivity contribution in [3.05, 3.63) is 62.6 Å². The SMILES string of the molecule is CC.CC(C)(C)CSCCC(C)(C)CN1CCc2c(ccc(N)c2C=N)C1c1c(F)cc(Br)cc1F. The summed E-state index contributed by atoms with van der Waals surface area (Å²) in [6.07, 6.45) is 2.96. The molecule has 0 saturated heterocycles. The summed E-state index contributed by atoms with van der Waals surface area (Å²) in [7, 11) is 0. The number of thioether (sulfide) groups is 1. The minimum Gasteiger partial charge on any atom is -0.398 e. The number of rotatable bonds is 8. The molecule has 0 amide bonds. The van der Waals surface area contributed by atoms with Gasteiger partial charge in [-0.1, -0.05) is 70.5 Å². The number of nitrogens with one attached hydrogen (secondary N) is 1. The van der Waals surface area contributed by atoms with E-state index in [2.05, 4.69) is 55.4 Å². The Kier molecular flexibility index (Phi) is 11.0. The molecule has 0 radical (unpaired) electrons. The Labute approximate surface area is 229 Å². The number of benzene rings is 2. The van der Waals surface area contributed by atoms with Crippen LogP contribution in [0.15, 0.2) is 28.7 Å². The third-order valence-corrected chi connectivity index (χ3v) is 8.31. The van der Waals surface area contributed by atoms with Crippen molar-refractivity contribution < 1.29 is 8.78 Å². The van der Waals surface area contributed by atoms with E-state index in [4.69, 9.17) is 11.1 Å². The lowest BCUT2D eigenvalue weighted by Gasteiger charge is -2.42. The third-order valence-electron chi connectivity index (χ3n) is 6.29. The second kappa shape index (κ2) is 12.9. The highest BCUT2D eigenvalue weighted by molar-refractivity contribution is 9.10. The monoisotopic (exact) mass is 581 g/mol. The smallest absolute Gasteiger partial charge is 0.132 e. The molecule has 2 aromatic rings. The van der Waals surface area contributed by atoms with Crippen molar-refractivity contribution in [2.75, 3.05) is 30.3 Å². The highest BCUT2D eigenvalue weighted by Gasteiger charge is 2.36. The van der Waals surface area contributed by atoms with Crippen LogP contribution in [0.5, 0.6) is 0 Å². The molecule has 3 nitrogen and oxygen atoms in total. The maximum absolute atomic E-state index is 15.2. The van der Waals surface area contributed by atoms with Crippen molar-refractivity contribution in [3.8, 4) is 0 Å². The summed E-state index contributed by atoms with van der Waals surface area (Å²) >= 11 is 5.17. The number of nitrogens with zero attached hydrogens (tertiary/aromatic N) is 1. The number of nitrogens with two attached hydrogens (primary N) is 1. The largest absolute Gasteiger partial charge is 0.398 e. The van der Waals surface area contributed by atoms with Crippen molar-refractivity contribution in [1.29, 1.82) is 5.41 Å². The van der Waals surface area contributed by atoms with Gasteiger partial charge in [-0.05, 0) is 64.5 Å². The summed E-state index contributed by atoms with van der Waals surface area (Å²) in [6, 6.07) is 5.71. The van der Waals surface area contributed by atoms with Gasteiger partial charge in [-0.25, -0.2) is 8.78 Å². The molecule has 0 bridgehead atoms. The molecule has 36 heavy (non-hydrogen) atoms. The van der Waals surface area contributed by atoms with Crippen molar-refractivity contribution in [1.82, 2.24) is 4.90 Å². The van der Waals surface area contributed by atoms with Gasteiger partial charge >= 0.3 is 0 Å². The Morgan fingerprint density at radius 2 is 1.75 bits per heavy atom. The molecule has 1 aliphatic rings. The van der Waals surface area contributed by atoms with Gasteiger partial charge in [0.1, 0.15) is 11.6 Å². The van der Waals surface area contributed by atoms with Crippen LogP contribution >= 0.6 is 27.7 Å². The molecule has 0 saturated carbocycles. The summed E-state index contributed by atoms with van der Waals surface area (Å²) in [4.78, 5) is 2.20. The van der Waals surface area contributed by atoms with E-state index in [-0.39, 0.29) is 11.0 Å². The third kappa shape index (κ3) is 7.78. The van der Waals surface area contributed by atoms with Crippen LogP contribution in [-0.2, 0) is 6.42 Å². The van der Waals surface area contributed by atoms with E-state index in [9.17, 15) is 0 Å². The van der Waals surface area contributed by atoms with Gasteiger partial charge in [0.15, 0.2) is 0 Å². The molecule has 0 aromatic heterocycles. The van der Waals surface area contributed by atoms with E-state index in [0.717, 1.165) is 29.1 Å². The molecular formula is C29H42BrF2N3S. The summed E-state index contributed by atoms with van der Waals surface area (Å²) in [5.74, 6) is 1.02. The first-order valence-electron chi connectivity index (χ1n) is 12.7. The molecular weight excluding hydrogens is 540 g/mol. The van der Waals surface area contributed by atoms with Gasteiger partial charge < -0.3 is 11.1 Å².